The number of benzene rings is 2. The molecule has 0 bridgehead atoms. The molecule has 2 N–H and O–H groups in total. The number of alkyl halides is 3. The molecule has 0 atom stereocenters. The van der Waals surface area contributed by atoms with Gasteiger partial charge in [0.25, 0.3) is 5.89 Å². The standard InChI is InChI=1S/C27H30F3N4O5P/c1-17-13-22(24-31-23(33-39-24)19-9-11-20(12-10-19)26(4,5)27(28,29)30)32-34(17)15-18-7-6-8-21(14-18)25(2,3)16-38-40(35,36)37/h6-14H,15-16H2,1-5H3,(H2,35,36,37). The number of aryl methyl sites for hydroxylation is 1. The van der Waals surface area contributed by atoms with Crippen LogP contribution in [0.15, 0.2) is 59.1 Å². The minimum Gasteiger partial charge on any atom is -0.332 e. The van der Waals surface area contributed by atoms with Crippen LogP contribution in [-0.2, 0) is 26.5 Å². The second-order valence-electron chi connectivity index (χ2n) is 10.8. The zero-order valence-electron chi connectivity index (χ0n) is 22.6. The molecule has 0 amide bonds. The average molecular weight is 579 g/mol. The van der Waals surface area contributed by atoms with Gasteiger partial charge in [-0.3, -0.25) is 9.21 Å². The number of nitrogens with zero attached hydrogens (tertiary/aromatic N) is 4. The molecule has 2 heterocycles. The third-order valence-electron chi connectivity index (χ3n) is 6.83. The molecule has 214 valence electrons. The van der Waals surface area contributed by atoms with E-state index < -0.39 is 24.8 Å². The molecule has 0 radical (unpaired) electrons. The van der Waals surface area contributed by atoms with Crippen molar-refractivity contribution >= 4 is 7.82 Å². The summed E-state index contributed by atoms with van der Waals surface area (Å²) in [4.78, 5) is 22.5. The van der Waals surface area contributed by atoms with Crippen LogP contribution in [0.5, 0.6) is 0 Å². The third kappa shape index (κ3) is 6.52. The highest BCUT2D eigenvalue weighted by Crippen LogP contribution is 2.41. The summed E-state index contributed by atoms with van der Waals surface area (Å²) in [6.45, 7) is 8.04. The smallest absolute Gasteiger partial charge is 0.332 e. The van der Waals surface area contributed by atoms with E-state index in [1.54, 1.807) is 10.7 Å². The predicted molar refractivity (Wildman–Crippen MR) is 141 cm³/mol. The van der Waals surface area contributed by atoms with Crippen molar-refractivity contribution in [1.29, 1.82) is 0 Å². The normalized spacial score (nSPS) is 13.2. The van der Waals surface area contributed by atoms with Gasteiger partial charge in [0.05, 0.1) is 18.6 Å². The summed E-state index contributed by atoms with van der Waals surface area (Å²) >= 11 is 0. The van der Waals surface area contributed by atoms with E-state index in [9.17, 15) is 17.7 Å². The fraction of sp³-hybridized carbons (Fsp3) is 0.370. The van der Waals surface area contributed by atoms with Gasteiger partial charge < -0.3 is 14.3 Å². The van der Waals surface area contributed by atoms with Gasteiger partial charge in [0.1, 0.15) is 0 Å². The molecule has 0 spiro atoms. The Balaban J connectivity index is 1.51. The molecule has 0 saturated carbocycles. The van der Waals surface area contributed by atoms with Gasteiger partial charge in [0.15, 0.2) is 5.69 Å². The molecule has 0 unspecified atom stereocenters. The second-order valence-corrected chi connectivity index (χ2v) is 12.0. The summed E-state index contributed by atoms with van der Waals surface area (Å²) < 4.78 is 63.1. The molecule has 9 nitrogen and oxygen atoms in total. The molecule has 40 heavy (non-hydrogen) atoms. The molecule has 2 aromatic carbocycles. The number of hydrogen-bond acceptors (Lipinski definition) is 6. The minimum absolute atomic E-state index is 0.128. The van der Waals surface area contributed by atoms with Crippen LogP contribution in [0.3, 0.4) is 0 Å². The van der Waals surface area contributed by atoms with Gasteiger partial charge in [0.2, 0.25) is 5.82 Å². The second kappa shape index (κ2) is 10.6. The van der Waals surface area contributed by atoms with Crippen LogP contribution in [0.2, 0.25) is 0 Å². The first-order chi connectivity index (χ1) is 18.5. The summed E-state index contributed by atoms with van der Waals surface area (Å²) in [6.07, 6.45) is -4.39. The maximum Gasteiger partial charge on any atom is 0.469 e. The van der Waals surface area contributed by atoms with Gasteiger partial charge in [0, 0.05) is 16.7 Å². The largest absolute Gasteiger partial charge is 0.469 e. The van der Waals surface area contributed by atoms with Gasteiger partial charge in [-0.05, 0) is 43.5 Å². The molecule has 0 saturated heterocycles. The predicted octanol–water partition coefficient (Wildman–Crippen LogP) is 6.18. The Labute approximate surface area is 229 Å². The van der Waals surface area contributed by atoms with Crippen molar-refractivity contribution in [3.05, 3.63) is 77.0 Å². The van der Waals surface area contributed by atoms with Gasteiger partial charge in [-0.2, -0.15) is 23.3 Å². The Morgan fingerprint density at radius 1 is 1.00 bits per heavy atom. The van der Waals surface area contributed by atoms with Gasteiger partial charge in [-0.25, -0.2) is 4.57 Å². The molecule has 4 rings (SSSR count). The Kier molecular flexibility index (Phi) is 7.85. The molecule has 13 heteroatoms. The Morgan fingerprint density at radius 2 is 1.68 bits per heavy atom. The number of aromatic nitrogens is 4. The van der Waals surface area contributed by atoms with Gasteiger partial charge in [-0.15, -0.1) is 0 Å². The highest BCUT2D eigenvalue weighted by Gasteiger charge is 2.48. The minimum atomic E-state index is -4.59. The summed E-state index contributed by atoms with van der Waals surface area (Å²) in [7, 11) is -4.59. The third-order valence-corrected chi connectivity index (χ3v) is 7.30. The molecular weight excluding hydrogens is 548 g/mol. The number of rotatable bonds is 9. The molecule has 0 aliphatic heterocycles. The maximum absolute atomic E-state index is 13.4. The highest BCUT2D eigenvalue weighted by molar-refractivity contribution is 7.46. The lowest BCUT2D eigenvalue weighted by molar-refractivity contribution is -0.180. The van der Waals surface area contributed by atoms with Crippen LogP contribution in [0.4, 0.5) is 13.2 Å². The zero-order valence-corrected chi connectivity index (χ0v) is 23.5. The van der Waals surface area contributed by atoms with E-state index in [0.717, 1.165) is 30.7 Å². The van der Waals surface area contributed by atoms with Crippen molar-refractivity contribution in [3.8, 4) is 23.0 Å². The van der Waals surface area contributed by atoms with Crippen molar-refractivity contribution in [2.45, 2.75) is 58.2 Å². The van der Waals surface area contributed by atoms with Crippen molar-refractivity contribution in [2.24, 2.45) is 0 Å². The summed E-state index contributed by atoms with van der Waals surface area (Å²) in [5.74, 6) is 0.395. The van der Waals surface area contributed by atoms with E-state index in [-0.39, 0.29) is 23.9 Å². The Morgan fingerprint density at radius 3 is 2.30 bits per heavy atom. The van der Waals surface area contributed by atoms with E-state index >= 15 is 0 Å². The Hall–Kier alpha value is -3.31. The quantitative estimate of drug-likeness (QED) is 0.226. The average Bonchev–Trinajstić information content (AvgIpc) is 3.49. The van der Waals surface area contributed by atoms with Gasteiger partial charge in [-0.1, -0.05) is 67.5 Å². The summed E-state index contributed by atoms with van der Waals surface area (Å²) in [5, 5.41) is 8.56. The first-order valence-corrected chi connectivity index (χ1v) is 13.8. The lowest BCUT2D eigenvalue weighted by atomic mass is 9.83. The summed E-state index contributed by atoms with van der Waals surface area (Å²) in [5.41, 5.74) is 1.01. The first-order valence-electron chi connectivity index (χ1n) is 12.3. The summed E-state index contributed by atoms with van der Waals surface area (Å²) in [6, 6.07) is 15.2. The maximum atomic E-state index is 13.4. The molecule has 4 aromatic rings. The molecular formula is C27H30F3N4O5P. The monoisotopic (exact) mass is 578 g/mol. The molecule has 0 fully saturated rings. The lowest BCUT2D eigenvalue weighted by Gasteiger charge is -2.28. The molecule has 0 aliphatic rings. The first kappa shape index (κ1) is 29.7. The highest BCUT2D eigenvalue weighted by atomic mass is 31.2. The Bertz CT molecular complexity index is 1540. The van der Waals surface area contributed by atoms with Crippen LogP contribution >= 0.6 is 7.82 Å². The van der Waals surface area contributed by atoms with E-state index in [1.165, 1.54) is 24.3 Å². The van der Waals surface area contributed by atoms with E-state index in [0.29, 0.717) is 17.8 Å². The van der Waals surface area contributed by atoms with Crippen LogP contribution in [0.25, 0.3) is 23.0 Å². The van der Waals surface area contributed by atoms with Crippen LogP contribution in [0.1, 0.15) is 50.1 Å². The fourth-order valence-electron chi connectivity index (χ4n) is 4.01. The van der Waals surface area contributed by atoms with E-state index in [4.69, 9.17) is 18.8 Å². The number of hydrogen-bond donors (Lipinski definition) is 2. The van der Waals surface area contributed by atoms with Gasteiger partial charge >= 0.3 is 14.0 Å². The molecule has 2 aromatic heterocycles. The number of phosphoric ester groups is 1. The number of halogens is 3. The van der Waals surface area contributed by atoms with Crippen LogP contribution < -0.4 is 0 Å². The van der Waals surface area contributed by atoms with Crippen molar-refractivity contribution in [1.82, 2.24) is 19.9 Å². The topological polar surface area (TPSA) is 124 Å². The van der Waals surface area contributed by atoms with Crippen LogP contribution in [0, 0.1) is 6.92 Å². The van der Waals surface area contributed by atoms with Crippen LogP contribution in [-0.4, -0.2) is 42.5 Å². The SMILES string of the molecule is Cc1cc(-c2nc(-c3ccc(C(C)(C)C(F)(F)F)cc3)no2)nn1Cc1cccc(C(C)(C)COP(=O)(O)O)c1. The van der Waals surface area contributed by atoms with Crippen molar-refractivity contribution in [3.63, 3.8) is 0 Å². The molecule has 0 aliphatic carbocycles. The van der Waals surface area contributed by atoms with Crippen molar-refractivity contribution in [2.75, 3.05) is 6.61 Å². The lowest BCUT2D eigenvalue weighted by Crippen LogP contribution is -2.36. The van der Waals surface area contributed by atoms with E-state index in [2.05, 4.69) is 15.2 Å². The zero-order chi connectivity index (χ0) is 29.5. The number of phosphoric acid groups is 1. The fourth-order valence-corrected chi connectivity index (χ4v) is 4.50. The van der Waals surface area contributed by atoms with Crippen molar-refractivity contribution < 1.29 is 36.6 Å². The van der Waals surface area contributed by atoms with E-state index in [1.807, 2.05) is 45.0 Å².